The first kappa shape index (κ1) is 16.4. The van der Waals surface area contributed by atoms with E-state index in [1.807, 2.05) is 0 Å². The molecule has 1 heterocycles. The number of aromatic nitrogens is 2. The van der Waals surface area contributed by atoms with E-state index in [0.717, 1.165) is 6.20 Å². The number of hydrogen-bond acceptors (Lipinski definition) is 2. The topological polar surface area (TPSA) is 60.9 Å². The van der Waals surface area contributed by atoms with Crippen LogP contribution in [-0.2, 0) is 17.2 Å². The lowest BCUT2D eigenvalue weighted by molar-refractivity contribution is -0.137. The first-order valence-electron chi connectivity index (χ1n) is 6.85. The highest BCUT2D eigenvalue weighted by Gasteiger charge is 2.37. The Morgan fingerprint density at radius 1 is 1.00 bits per heavy atom. The molecule has 1 aromatic heterocycles. The summed E-state index contributed by atoms with van der Waals surface area (Å²) in [5.74, 6) is 0. The van der Waals surface area contributed by atoms with Gasteiger partial charge in [-0.1, -0.05) is 30.3 Å². The molecule has 2 aromatic carbocycles. The third-order valence-corrected chi connectivity index (χ3v) is 4.17. The van der Waals surface area contributed by atoms with Crippen molar-refractivity contribution >= 4 is 11.0 Å². The Balaban J connectivity index is 2.18. The quantitative estimate of drug-likeness (QED) is 0.785. The van der Waals surface area contributed by atoms with Gasteiger partial charge in [-0.3, -0.25) is 0 Å². The molecule has 1 unspecified atom stereocenters. The number of hydrogen-bond donors (Lipinski definition) is 1. The summed E-state index contributed by atoms with van der Waals surface area (Å²) in [7, 11) is -1.65. The SMILES string of the molecule is NS(=O)c1ccc(-n2ncc(C(F)(F)F)c2-c2ccccc2)cc1. The van der Waals surface area contributed by atoms with E-state index >= 15 is 0 Å². The van der Waals surface area contributed by atoms with Gasteiger partial charge < -0.3 is 0 Å². The average molecular weight is 351 g/mol. The summed E-state index contributed by atoms with van der Waals surface area (Å²) >= 11 is 0. The zero-order chi connectivity index (χ0) is 17.3. The minimum Gasteiger partial charge on any atom is -0.248 e. The molecule has 8 heteroatoms. The molecule has 2 N–H and O–H groups in total. The molecule has 0 aliphatic rings. The maximum atomic E-state index is 13.3. The van der Waals surface area contributed by atoms with Crippen LogP contribution >= 0.6 is 0 Å². The third-order valence-electron chi connectivity index (χ3n) is 3.44. The molecule has 3 rings (SSSR count). The van der Waals surface area contributed by atoms with Crippen molar-refractivity contribution in [1.82, 2.24) is 9.78 Å². The van der Waals surface area contributed by atoms with E-state index in [1.54, 1.807) is 30.3 Å². The van der Waals surface area contributed by atoms with Gasteiger partial charge >= 0.3 is 6.18 Å². The Morgan fingerprint density at radius 2 is 1.62 bits per heavy atom. The van der Waals surface area contributed by atoms with Crippen LogP contribution in [0.4, 0.5) is 13.2 Å². The second kappa shape index (κ2) is 6.21. The lowest BCUT2D eigenvalue weighted by Crippen LogP contribution is -2.08. The molecular formula is C16H12F3N3OS. The first-order chi connectivity index (χ1) is 11.4. The molecule has 1 atom stereocenters. The lowest BCUT2D eigenvalue weighted by Gasteiger charge is -2.12. The van der Waals surface area contributed by atoms with Crippen LogP contribution in [0.3, 0.4) is 0 Å². The van der Waals surface area contributed by atoms with Crippen LogP contribution < -0.4 is 5.14 Å². The van der Waals surface area contributed by atoms with E-state index < -0.39 is 22.7 Å². The molecule has 0 saturated carbocycles. The highest BCUT2D eigenvalue weighted by Crippen LogP contribution is 2.38. The van der Waals surface area contributed by atoms with E-state index in [9.17, 15) is 17.4 Å². The number of halogens is 3. The fraction of sp³-hybridized carbons (Fsp3) is 0.0625. The maximum Gasteiger partial charge on any atom is 0.420 e. The summed E-state index contributed by atoms with van der Waals surface area (Å²) in [4.78, 5) is 0.378. The molecule has 0 spiro atoms. The summed E-state index contributed by atoms with van der Waals surface area (Å²) in [6.45, 7) is 0. The van der Waals surface area contributed by atoms with Gasteiger partial charge in [-0.05, 0) is 24.3 Å². The van der Waals surface area contributed by atoms with E-state index in [2.05, 4.69) is 5.10 Å². The van der Waals surface area contributed by atoms with Crippen LogP contribution in [0.15, 0.2) is 65.7 Å². The van der Waals surface area contributed by atoms with Gasteiger partial charge in [0.05, 0.1) is 22.5 Å². The lowest BCUT2D eigenvalue weighted by atomic mass is 10.1. The Kier molecular flexibility index (Phi) is 4.25. The van der Waals surface area contributed by atoms with E-state index in [1.165, 1.54) is 28.9 Å². The van der Waals surface area contributed by atoms with Crippen LogP contribution in [0, 0.1) is 0 Å². The average Bonchev–Trinajstić information content (AvgIpc) is 3.01. The molecule has 3 aromatic rings. The largest absolute Gasteiger partial charge is 0.420 e. The normalized spacial score (nSPS) is 13.0. The van der Waals surface area contributed by atoms with Crippen molar-refractivity contribution in [3.8, 4) is 16.9 Å². The predicted octanol–water partition coefficient (Wildman–Crippen LogP) is 3.54. The van der Waals surface area contributed by atoms with Crippen LogP contribution in [-0.4, -0.2) is 14.0 Å². The Hall–Kier alpha value is -2.45. The second-order valence-electron chi connectivity index (χ2n) is 4.97. The highest BCUT2D eigenvalue weighted by atomic mass is 32.2. The standard InChI is InChI=1S/C16H12F3N3OS/c17-16(18,19)14-10-21-22(15(14)11-4-2-1-3-5-11)12-6-8-13(9-7-12)24(20)23/h1-10H,20H2. The first-order valence-corrected chi connectivity index (χ1v) is 8.06. The predicted molar refractivity (Wildman–Crippen MR) is 84.6 cm³/mol. The van der Waals surface area contributed by atoms with Gasteiger partial charge in [0.2, 0.25) is 0 Å². The van der Waals surface area contributed by atoms with E-state index in [4.69, 9.17) is 5.14 Å². The van der Waals surface area contributed by atoms with Gasteiger partial charge in [-0.15, -0.1) is 0 Å². The fourth-order valence-corrected chi connectivity index (χ4v) is 2.75. The Bertz CT molecular complexity index is 874. The maximum absolute atomic E-state index is 13.3. The molecule has 0 aliphatic heterocycles. The summed E-state index contributed by atoms with van der Waals surface area (Å²) in [6, 6.07) is 14.3. The van der Waals surface area contributed by atoms with Gasteiger partial charge in [0, 0.05) is 5.56 Å². The summed E-state index contributed by atoms with van der Waals surface area (Å²) < 4.78 is 52.4. The highest BCUT2D eigenvalue weighted by molar-refractivity contribution is 7.82. The van der Waals surface area contributed by atoms with Crippen LogP contribution in [0.2, 0.25) is 0 Å². The van der Waals surface area contributed by atoms with Crippen molar-refractivity contribution in [1.29, 1.82) is 0 Å². The molecule has 0 bridgehead atoms. The summed E-state index contributed by atoms with van der Waals surface area (Å²) in [6.07, 6.45) is -3.72. The number of rotatable bonds is 3. The fourth-order valence-electron chi connectivity index (χ4n) is 2.35. The van der Waals surface area contributed by atoms with Crippen molar-refractivity contribution < 1.29 is 17.4 Å². The molecule has 0 saturated heterocycles. The zero-order valence-corrected chi connectivity index (χ0v) is 13.0. The number of nitrogens with two attached hydrogens (primary N) is 1. The molecular weight excluding hydrogens is 339 g/mol. The van der Waals surface area contributed by atoms with Gasteiger partial charge in [-0.2, -0.15) is 18.3 Å². The van der Waals surface area contributed by atoms with Crippen molar-refractivity contribution in [3.63, 3.8) is 0 Å². The van der Waals surface area contributed by atoms with E-state index in [0.29, 0.717) is 16.1 Å². The van der Waals surface area contributed by atoms with Crippen molar-refractivity contribution in [2.24, 2.45) is 5.14 Å². The minimum atomic E-state index is -4.53. The molecule has 0 radical (unpaired) electrons. The number of nitrogens with zero attached hydrogens (tertiary/aromatic N) is 2. The number of benzene rings is 2. The molecule has 0 aliphatic carbocycles. The van der Waals surface area contributed by atoms with Gasteiger partial charge in [0.1, 0.15) is 16.5 Å². The van der Waals surface area contributed by atoms with Crippen LogP contribution in [0.5, 0.6) is 0 Å². The molecule has 0 amide bonds. The summed E-state index contributed by atoms with van der Waals surface area (Å²) in [5, 5.41) is 9.18. The van der Waals surface area contributed by atoms with Gasteiger partial charge in [-0.25, -0.2) is 14.0 Å². The summed E-state index contributed by atoms with van der Waals surface area (Å²) in [5.41, 5.74) is -0.0581. The van der Waals surface area contributed by atoms with Gasteiger partial charge in [0.25, 0.3) is 0 Å². The number of alkyl halides is 3. The Morgan fingerprint density at radius 3 is 2.17 bits per heavy atom. The van der Waals surface area contributed by atoms with Crippen LogP contribution in [0.1, 0.15) is 5.56 Å². The zero-order valence-electron chi connectivity index (χ0n) is 12.2. The molecule has 124 valence electrons. The third kappa shape index (κ3) is 3.10. The smallest absolute Gasteiger partial charge is 0.248 e. The Labute approximate surface area is 138 Å². The minimum absolute atomic E-state index is 0.0512. The van der Waals surface area contributed by atoms with Gasteiger partial charge in [0.15, 0.2) is 0 Å². The molecule has 24 heavy (non-hydrogen) atoms. The molecule has 0 fully saturated rings. The van der Waals surface area contributed by atoms with Crippen molar-refractivity contribution in [2.45, 2.75) is 11.1 Å². The van der Waals surface area contributed by atoms with Crippen LogP contribution in [0.25, 0.3) is 16.9 Å². The second-order valence-corrected chi connectivity index (χ2v) is 6.04. The van der Waals surface area contributed by atoms with Crippen molar-refractivity contribution in [3.05, 3.63) is 66.4 Å². The van der Waals surface area contributed by atoms with Crippen molar-refractivity contribution in [2.75, 3.05) is 0 Å². The molecule has 4 nitrogen and oxygen atoms in total. The van der Waals surface area contributed by atoms with E-state index in [-0.39, 0.29) is 5.69 Å². The monoisotopic (exact) mass is 351 g/mol.